The highest BCUT2D eigenvalue weighted by molar-refractivity contribution is 7.71. The van der Waals surface area contributed by atoms with E-state index in [0.717, 1.165) is 5.65 Å². The molecule has 0 amide bonds. The highest BCUT2D eigenvalue weighted by atomic mass is 32.1. The van der Waals surface area contributed by atoms with E-state index < -0.39 is 0 Å². The third-order valence-corrected chi connectivity index (χ3v) is 2.59. The van der Waals surface area contributed by atoms with Crippen LogP contribution in [0, 0.1) is 4.77 Å². The maximum Gasteiger partial charge on any atom is 0.262 e. The van der Waals surface area contributed by atoms with Crippen LogP contribution in [0.5, 0.6) is 0 Å². The molecule has 3 heterocycles. The Kier molecular flexibility index (Phi) is 1.33. The Morgan fingerprint density at radius 2 is 2.43 bits per heavy atom. The predicted octanol–water partition coefficient (Wildman–Crippen LogP) is 0.740. The minimum absolute atomic E-state index is 0.178. The summed E-state index contributed by atoms with van der Waals surface area (Å²) in [6.45, 7) is 0.678. The van der Waals surface area contributed by atoms with Crippen LogP contribution in [-0.2, 0) is 6.54 Å². The molecule has 70 valence electrons. The van der Waals surface area contributed by atoms with Crippen molar-refractivity contribution >= 4 is 29.5 Å². The summed E-state index contributed by atoms with van der Waals surface area (Å²) in [6.07, 6.45) is 5.32. The topological polar surface area (TPSA) is 55.6 Å². The van der Waals surface area contributed by atoms with Gasteiger partial charge in [-0.2, -0.15) is 5.10 Å². The molecule has 2 aromatic heterocycles. The minimum atomic E-state index is -0.178. The molecule has 0 atom stereocenters. The van der Waals surface area contributed by atoms with Crippen molar-refractivity contribution in [3.05, 3.63) is 27.4 Å². The Morgan fingerprint density at radius 1 is 1.57 bits per heavy atom. The van der Waals surface area contributed by atoms with Crippen molar-refractivity contribution in [1.29, 1.82) is 0 Å². The lowest BCUT2D eigenvalue weighted by Crippen LogP contribution is -2.16. The van der Waals surface area contributed by atoms with E-state index in [2.05, 4.69) is 10.1 Å². The van der Waals surface area contributed by atoms with E-state index in [-0.39, 0.29) is 5.56 Å². The van der Waals surface area contributed by atoms with Gasteiger partial charge in [-0.3, -0.25) is 14.3 Å². The molecule has 0 saturated heterocycles. The van der Waals surface area contributed by atoms with Gasteiger partial charge in [-0.25, -0.2) is 4.68 Å². The lowest BCUT2D eigenvalue weighted by atomic mass is 10.4. The standard InChI is InChI=1S/C8H6N4OS/c13-6-5-4-9-12-3-1-2-11(7(5)12)8(14)10-6/h1,3-4H,2H2,(H,10,13,14). The SMILES string of the molecule is O=c1[nH]c(=S)n2c3c1cnn3C=CC2. The molecular weight excluding hydrogens is 200 g/mol. The second-order valence-electron chi connectivity index (χ2n) is 3.08. The monoisotopic (exact) mass is 206 g/mol. The molecule has 0 spiro atoms. The average Bonchev–Trinajstić information content (AvgIpc) is 2.59. The van der Waals surface area contributed by atoms with Crippen LogP contribution in [0.1, 0.15) is 0 Å². The highest BCUT2D eigenvalue weighted by Crippen LogP contribution is 2.13. The molecule has 0 aliphatic carbocycles. The highest BCUT2D eigenvalue weighted by Gasteiger charge is 2.12. The number of nitrogens with zero attached hydrogens (tertiary/aromatic N) is 3. The van der Waals surface area contributed by atoms with Crippen molar-refractivity contribution in [3.8, 4) is 0 Å². The van der Waals surface area contributed by atoms with Crippen LogP contribution in [0.3, 0.4) is 0 Å². The molecule has 0 unspecified atom stereocenters. The van der Waals surface area contributed by atoms with E-state index in [9.17, 15) is 4.79 Å². The third-order valence-electron chi connectivity index (χ3n) is 2.27. The molecule has 5 nitrogen and oxygen atoms in total. The number of nitrogens with one attached hydrogen (secondary N) is 1. The fraction of sp³-hybridized carbons (Fsp3) is 0.125. The van der Waals surface area contributed by atoms with E-state index in [1.54, 1.807) is 10.9 Å². The van der Waals surface area contributed by atoms with Gasteiger partial charge in [0.05, 0.1) is 6.20 Å². The number of allylic oxidation sites excluding steroid dienone is 1. The van der Waals surface area contributed by atoms with Crippen LogP contribution in [0.25, 0.3) is 17.2 Å². The summed E-state index contributed by atoms with van der Waals surface area (Å²) in [5.41, 5.74) is 0.587. The first-order valence-corrected chi connectivity index (χ1v) is 4.55. The summed E-state index contributed by atoms with van der Waals surface area (Å²) in [7, 11) is 0. The lowest BCUT2D eigenvalue weighted by Gasteiger charge is -2.10. The van der Waals surface area contributed by atoms with Crippen LogP contribution in [-0.4, -0.2) is 19.3 Å². The first-order chi connectivity index (χ1) is 6.77. The second-order valence-corrected chi connectivity index (χ2v) is 3.47. The number of H-pyrrole nitrogens is 1. The fourth-order valence-electron chi connectivity index (χ4n) is 1.64. The van der Waals surface area contributed by atoms with Gasteiger partial charge in [0.1, 0.15) is 5.39 Å². The van der Waals surface area contributed by atoms with E-state index >= 15 is 0 Å². The van der Waals surface area contributed by atoms with Crippen LogP contribution in [0.4, 0.5) is 0 Å². The lowest BCUT2D eigenvalue weighted by molar-refractivity contribution is 0.749. The van der Waals surface area contributed by atoms with E-state index in [4.69, 9.17) is 12.2 Å². The van der Waals surface area contributed by atoms with E-state index in [1.807, 2.05) is 16.8 Å². The molecule has 6 heteroatoms. The quantitative estimate of drug-likeness (QED) is 0.647. The molecule has 1 N–H and O–H groups in total. The van der Waals surface area contributed by atoms with Gasteiger partial charge in [0.25, 0.3) is 5.56 Å². The van der Waals surface area contributed by atoms with Crippen molar-refractivity contribution in [3.63, 3.8) is 0 Å². The van der Waals surface area contributed by atoms with Gasteiger partial charge in [-0.1, -0.05) is 0 Å². The van der Waals surface area contributed by atoms with Crippen LogP contribution < -0.4 is 5.56 Å². The Hall–Kier alpha value is -1.69. The van der Waals surface area contributed by atoms with E-state index in [1.165, 1.54) is 0 Å². The molecule has 2 aromatic rings. The Morgan fingerprint density at radius 3 is 3.29 bits per heavy atom. The Labute approximate surface area is 83.3 Å². The molecule has 3 rings (SSSR count). The molecule has 0 saturated carbocycles. The molecule has 0 aromatic carbocycles. The predicted molar refractivity (Wildman–Crippen MR) is 54.5 cm³/mol. The summed E-state index contributed by atoms with van der Waals surface area (Å²) in [5.74, 6) is 0. The van der Waals surface area contributed by atoms with E-state index in [0.29, 0.717) is 16.7 Å². The second kappa shape index (κ2) is 2.42. The molecule has 1 aliphatic heterocycles. The van der Waals surface area contributed by atoms with Crippen molar-refractivity contribution in [2.75, 3.05) is 0 Å². The van der Waals surface area contributed by atoms with Crippen molar-refractivity contribution in [1.82, 2.24) is 19.3 Å². The maximum atomic E-state index is 11.5. The molecule has 0 bridgehead atoms. The van der Waals surface area contributed by atoms with Gasteiger partial charge < -0.3 is 0 Å². The maximum absolute atomic E-state index is 11.5. The number of aromatic amines is 1. The summed E-state index contributed by atoms with van der Waals surface area (Å²) < 4.78 is 3.94. The molecule has 1 aliphatic rings. The zero-order valence-corrected chi connectivity index (χ0v) is 7.91. The summed E-state index contributed by atoms with van der Waals surface area (Å²) in [5, 5.41) is 4.64. The van der Waals surface area contributed by atoms with Gasteiger partial charge in [0.15, 0.2) is 10.4 Å². The van der Waals surface area contributed by atoms with Gasteiger partial charge in [-0.05, 0) is 18.3 Å². The Balaban J connectivity index is 2.71. The van der Waals surface area contributed by atoms with Crippen LogP contribution >= 0.6 is 12.2 Å². The zero-order valence-electron chi connectivity index (χ0n) is 7.10. The molecule has 0 fully saturated rings. The summed E-state index contributed by atoms with van der Waals surface area (Å²) in [4.78, 5) is 14.1. The normalized spacial score (nSPS) is 13.7. The van der Waals surface area contributed by atoms with Crippen molar-refractivity contribution in [2.45, 2.75) is 6.54 Å². The number of rotatable bonds is 0. The van der Waals surface area contributed by atoms with Gasteiger partial charge >= 0.3 is 0 Å². The number of aromatic nitrogens is 4. The van der Waals surface area contributed by atoms with Gasteiger partial charge in [0, 0.05) is 12.7 Å². The first kappa shape index (κ1) is 7.69. The van der Waals surface area contributed by atoms with Crippen molar-refractivity contribution in [2.24, 2.45) is 0 Å². The van der Waals surface area contributed by atoms with Crippen molar-refractivity contribution < 1.29 is 0 Å². The molecular formula is C8H6N4OS. The van der Waals surface area contributed by atoms with Gasteiger partial charge in [-0.15, -0.1) is 0 Å². The van der Waals surface area contributed by atoms with Crippen LogP contribution in [0.15, 0.2) is 17.1 Å². The van der Waals surface area contributed by atoms with Crippen LogP contribution in [0.2, 0.25) is 0 Å². The third kappa shape index (κ3) is 0.805. The fourth-order valence-corrected chi connectivity index (χ4v) is 1.90. The first-order valence-electron chi connectivity index (χ1n) is 4.14. The average molecular weight is 206 g/mol. The summed E-state index contributed by atoms with van der Waals surface area (Å²) in [6, 6.07) is 0. The number of hydrogen-bond acceptors (Lipinski definition) is 3. The number of hydrogen-bond donors (Lipinski definition) is 1. The largest absolute Gasteiger partial charge is 0.298 e. The zero-order chi connectivity index (χ0) is 9.71. The Bertz CT molecular complexity index is 660. The molecule has 0 radical (unpaired) electrons. The summed E-state index contributed by atoms with van der Waals surface area (Å²) >= 11 is 5.06. The molecule has 14 heavy (non-hydrogen) atoms. The minimum Gasteiger partial charge on any atom is -0.298 e. The van der Waals surface area contributed by atoms with Gasteiger partial charge in [0.2, 0.25) is 0 Å². The smallest absolute Gasteiger partial charge is 0.262 e.